The van der Waals surface area contributed by atoms with Gasteiger partial charge in [0, 0.05) is 14.2 Å². The minimum atomic E-state index is 0.294. The van der Waals surface area contributed by atoms with E-state index in [0.29, 0.717) is 12.2 Å². The summed E-state index contributed by atoms with van der Waals surface area (Å²) in [5.74, 6) is 0. The molecule has 0 aromatic rings. The van der Waals surface area contributed by atoms with Gasteiger partial charge in [-0.15, -0.1) is 0 Å². The van der Waals surface area contributed by atoms with E-state index < -0.39 is 0 Å². The quantitative estimate of drug-likeness (QED) is 0.591. The minimum Gasteiger partial charge on any atom is -0.377 e. The standard InChI is InChI=1S/C10H18O2/c1-11-9-5-3-4-6-10(12-2)8-7-9/h7-10H,3-6H2,1-2H3. The molecule has 2 atom stereocenters. The Morgan fingerprint density at radius 3 is 1.67 bits per heavy atom. The molecule has 0 saturated heterocycles. The van der Waals surface area contributed by atoms with Crippen LogP contribution in [-0.2, 0) is 9.47 Å². The molecule has 1 aliphatic rings. The van der Waals surface area contributed by atoms with Gasteiger partial charge in [0.05, 0.1) is 12.2 Å². The Labute approximate surface area is 74.6 Å². The zero-order valence-electron chi connectivity index (χ0n) is 7.95. The summed E-state index contributed by atoms with van der Waals surface area (Å²) < 4.78 is 10.6. The van der Waals surface area contributed by atoms with E-state index >= 15 is 0 Å². The topological polar surface area (TPSA) is 18.5 Å². The monoisotopic (exact) mass is 170 g/mol. The van der Waals surface area contributed by atoms with Crippen LogP contribution in [0.3, 0.4) is 0 Å². The van der Waals surface area contributed by atoms with Gasteiger partial charge in [0.2, 0.25) is 0 Å². The van der Waals surface area contributed by atoms with E-state index in [-0.39, 0.29) is 0 Å². The first kappa shape index (κ1) is 9.75. The van der Waals surface area contributed by atoms with Crippen molar-refractivity contribution in [1.29, 1.82) is 0 Å². The molecule has 0 radical (unpaired) electrons. The van der Waals surface area contributed by atoms with Crippen LogP contribution in [0.4, 0.5) is 0 Å². The number of ether oxygens (including phenoxy) is 2. The van der Waals surface area contributed by atoms with Crippen molar-refractivity contribution >= 4 is 0 Å². The Hall–Kier alpha value is -0.340. The van der Waals surface area contributed by atoms with Gasteiger partial charge in [0.25, 0.3) is 0 Å². The van der Waals surface area contributed by atoms with Crippen molar-refractivity contribution in [2.45, 2.75) is 37.9 Å². The molecule has 0 heterocycles. The maximum Gasteiger partial charge on any atom is 0.0752 e. The van der Waals surface area contributed by atoms with Gasteiger partial charge in [-0.05, 0) is 12.8 Å². The van der Waals surface area contributed by atoms with Crippen LogP contribution in [-0.4, -0.2) is 26.4 Å². The molecule has 0 N–H and O–H groups in total. The van der Waals surface area contributed by atoms with E-state index in [1.165, 1.54) is 12.8 Å². The highest BCUT2D eigenvalue weighted by Gasteiger charge is 2.10. The average molecular weight is 170 g/mol. The van der Waals surface area contributed by atoms with Gasteiger partial charge >= 0.3 is 0 Å². The zero-order chi connectivity index (χ0) is 8.81. The van der Waals surface area contributed by atoms with Crippen LogP contribution in [0, 0.1) is 0 Å². The predicted molar refractivity (Wildman–Crippen MR) is 49.2 cm³/mol. The van der Waals surface area contributed by atoms with Gasteiger partial charge < -0.3 is 9.47 Å². The molecule has 0 bridgehead atoms. The molecule has 1 aliphatic carbocycles. The fourth-order valence-electron chi connectivity index (χ4n) is 1.52. The van der Waals surface area contributed by atoms with Crippen molar-refractivity contribution in [3.63, 3.8) is 0 Å². The van der Waals surface area contributed by atoms with Gasteiger partial charge in [-0.1, -0.05) is 25.0 Å². The summed E-state index contributed by atoms with van der Waals surface area (Å²) in [5, 5.41) is 0. The van der Waals surface area contributed by atoms with Crippen LogP contribution < -0.4 is 0 Å². The average Bonchev–Trinajstić information content (AvgIpc) is 2.05. The summed E-state index contributed by atoms with van der Waals surface area (Å²) in [4.78, 5) is 0. The molecular formula is C10H18O2. The second-order valence-corrected chi connectivity index (χ2v) is 3.22. The van der Waals surface area contributed by atoms with Gasteiger partial charge in [0.15, 0.2) is 0 Å². The maximum absolute atomic E-state index is 5.28. The molecule has 0 aromatic heterocycles. The molecule has 1 rings (SSSR count). The molecule has 2 nitrogen and oxygen atoms in total. The third kappa shape index (κ3) is 2.95. The molecule has 12 heavy (non-hydrogen) atoms. The molecule has 0 aliphatic heterocycles. The van der Waals surface area contributed by atoms with Crippen molar-refractivity contribution in [2.75, 3.05) is 14.2 Å². The Morgan fingerprint density at radius 2 is 1.33 bits per heavy atom. The highest BCUT2D eigenvalue weighted by atomic mass is 16.5. The molecule has 0 saturated carbocycles. The fraction of sp³-hybridized carbons (Fsp3) is 0.800. The third-order valence-corrected chi connectivity index (χ3v) is 2.37. The van der Waals surface area contributed by atoms with E-state index in [2.05, 4.69) is 12.2 Å². The lowest BCUT2D eigenvalue weighted by molar-refractivity contribution is 0.106. The first-order valence-corrected chi connectivity index (χ1v) is 4.60. The van der Waals surface area contributed by atoms with Gasteiger partial charge in [-0.3, -0.25) is 0 Å². The van der Waals surface area contributed by atoms with Crippen LogP contribution in [0.5, 0.6) is 0 Å². The SMILES string of the molecule is COC1C=CC(OC)CCCC1. The van der Waals surface area contributed by atoms with Gasteiger partial charge in [0.1, 0.15) is 0 Å². The number of hydrogen-bond acceptors (Lipinski definition) is 2. The lowest BCUT2D eigenvalue weighted by atomic mass is 10.0. The van der Waals surface area contributed by atoms with E-state index in [1.54, 1.807) is 14.2 Å². The molecule has 2 unspecified atom stereocenters. The van der Waals surface area contributed by atoms with Crippen molar-refractivity contribution in [3.8, 4) is 0 Å². The lowest BCUT2D eigenvalue weighted by Crippen LogP contribution is -2.14. The zero-order valence-corrected chi connectivity index (χ0v) is 7.95. The number of methoxy groups -OCH3 is 2. The Bertz CT molecular complexity index is 127. The summed E-state index contributed by atoms with van der Waals surface area (Å²) >= 11 is 0. The first-order chi connectivity index (χ1) is 5.86. The summed E-state index contributed by atoms with van der Waals surface area (Å²) in [6.45, 7) is 0. The van der Waals surface area contributed by atoms with Gasteiger partial charge in [-0.2, -0.15) is 0 Å². The molecule has 0 amide bonds. The van der Waals surface area contributed by atoms with Gasteiger partial charge in [-0.25, -0.2) is 0 Å². The van der Waals surface area contributed by atoms with Crippen LogP contribution in [0.2, 0.25) is 0 Å². The summed E-state index contributed by atoms with van der Waals surface area (Å²) in [6, 6.07) is 0. The summed E-state index contributed by atoms with van der Waals surface area (Å²) in [6.07, 6.45) is 9.59. The second-order valence-electron chi connectivity index (χ2n) is 3.22. The highest BCUT2D eigenvalue weighted by molar-refractivity contribution is 4.96. The van der Waals surface area contributed by atoms with E-state index in [4.69, 9.17) is 9.47 Å². The second kappa shape index (κ2) is 5.33. The molecule has 2 heteroatoms. The van der Waals surface area contributed by atoms with Crippen LogP contribution >= 0.6 is 0 Å². The molecule has 70 valence electrons. The van der Waals surface area contributed by atoms with Crippen molar-refractivity contribution in [2.24, 2.45) is 0 Å². The predicted octanol–water partition coefficient (Wildman–Crippen LogP) is 2.15. The summed E-state index contributed by atoms with van der Waals surface area (Å²) in [7, 11) is 3.52. The highest BCUT2D eigenvalue weighted by Crippen LogP contribution is 2.15. The maximum atomic E-state index is 5.28. The largest absolute Gasteiger partial charge is 0.377 e. The van der Waals surface area contributed by atoms with E-state index in [0.717, 1.165) is 12.8 Å². The first-order valence-electron chi connectivity index (χ1n) is 4.60. The molecule has 0 fully saturated rings. The van der Waals surface area contributed by atoms with E-state index in [1.807, 2.05) is 0 Å². The van der Waals surface area contributed by atoms with Crippen molar-refractivity contribution in [1.82, 2.24) is 0 Å². The van der Waals surface area contributed by atoms with E-state index in [9.17, 15) is 0 Å². The van der Waals surface area contributed by atoms with Crippen LogP contribution in [0.15, 0.2) is 12.2 Å². The Balaban J connectivity index is 2.45. The molecule has 0 aromatic carbocycles. The van der Waals surface area contributed by atoms with Crippen molar-refractivity contribution < 1.29 is 9.47 Å². The Morgan fingerprint density at radius 1 is 0.917 bits per heavy atom. The van der Waals surface area contributed by atoms with Crippen LogP contribution in [0.25, 0.3) is 0 Å². The normalized spacial score (nSPS) is 31.2. The summed E-state index contributed by atoms with van der Waals surface area (Å²) in [5.41, 5.74) is 0. The lowest BCUT2D eigenvalue weighted by Gasteiger charge is -2.17. The fourth-order valence-corrected chi connectivity index (χ4v) is 1.52. The minimum absolute atomic E-state index is 0.294. The molecular weight excluding hydrogens is 152 g/mol. The number of hydrogen-bond donors (Lipinski definition) is 0. The smallest absolute Gasteiger partial charge is 0.0752 e. The van der Waals surface area contributed by atoms with Crippen LogP contribution in [0.1, 0.15) is 25.7 Å². The number of rotatable bonds is 2. The molecule has 0 spiro atoms. The third-order valence-electron chi connectivity index (χ3n) is 2.37. The van der Waals surface area contributed by atoms with Crippen molar-refractivity contribution in [3.05, 3.63) is 12.2 Å². The Kier molecular flexibility index (Phi) is 4.33.